The van der Waals surface area contributed by atoms with Crippen molar-refractivity contribution in [3.63, 3.8) is 0 Å². The molecule has 0 radical (unpaired) electrons. The van der Waals surface area contributed by atoms with Crippen molar-refractivity contribution < 1.29 is 14.1 Å². The number of likely N-dealkylation sites (tertiary alicyclic amines) is 1. The largest absolute Gasteiger partial charge is 0.345 e. The summed E-state index contributed by atoms with van der Waals surface area (Å²) in [5.41, 5.74) is 0. The van der Waals surface area contributed by atoms with E-state index in [1.807, 2.05) is 0 Å². The number of carbonyl (C=O) groups is 2. The van der Waals surface area contributed by atoms with Crippen LogP contribution in [-0.4, -0.2) is 77.6 Å². The van der Waals surface area contributed by atoms with Crippen molar-refractivity contribution in [2.24, 2.45) is 5.92 Å². The lowest BCUT2D eigenvalue weighted by Crippen LogP contribution is -2.49. The van der Waals surface area contributed by atoms with Crippen LogP contribution in [0.2, 0.25) is 0 Å². The van der Waals surface area contributed by atoms with Crippen LogP contribution >= 0.6 is 0 Å². The van der Waals surface area contributed by atoms with Crippen LogP contribution < -0.4 is 0 Å². The van der Waals surface area contributed by atoms with Gasteiger partial charge in [-0.25, -0.2) is 4.79 Å². The number of likely N-dealkylation sites (N-methyl/N-ethyl adjacent to an activating group) is 1. The predicted molar refractivity (Wildman–Crippen MR) is 83.8 cm³/mol. The summed E-state index contributed by atoms with van der Waals surface area (Å²) in [6, 6.07) is -0.0348. The summed E-state index contributed by atoms with van der Waals surface area (Å²) < 4.78 is 4.92. The smallest absolute Gasteiger partial charge is 0.319 e. The second-order valence-corrected chi connectivity index (χ2v) is 6.20. The van der Waals surface area contributed by atoms with Crippen LogP contribution in [0.25, 0.3) is 0 Å². The zero-order chi connectivity index (χ0) is 17.0. The minimum Gasteiger partial charge on any atom is -0.345 e. The Balaban J connectivity index is 1.87. The Bertz CT molecular complexity index is 557. The first-order valence-electron chi connectivity index (χ1n) is 7.89. The number of piperidine rings is 1. The van der Waals surface area contributed by atoms with Gasteiger partial charge in [0.1, 0.15) is 0 Å². The number of carbonyl (C=O) groups excluding carboxylic acids is 2. The number of urea groups is 1. The number of hydrogen-bond donors (Lipinski definition) is 0. The lowest BCUT2D eigenvalue weighted by molar-refractivity contribution is -0.135. The lowest BCUT2D eigenvalue weighted by Gasteiger charge is -2.35. The number of aryl methyl sites for hydroxylation is 1. The zero-order valence-corrected chi connectivity index (χ0v) is 14.3. The van der Waals surface area contributed by atoms with Crippen molar-refractivity contribution in [3.8, 4) is 0 Å². The van der Waals surface area contributed by atoms with Gasteiger partial charge >= 0.3 is 6.03 Å². The highest BCUT2D eigenvalue weighted by Crippen LogP contribution is 2.19. The van der Waals surface area contributed by atoms with E-state index < -0.39 is 0 Å². The molecule has 0 unspecified atom stereocenters. The van der Waals surface area contributed by atoms with Gasteiger partial charge in [-0.15, -0.1) is 0 Å². The molecule has 0 bridgehead atoms. The topological polar surface area (TPSA) is 82.8 Å². The molecule has 0 saturated carbocycles. The summed E-state index contributed by atoms with van der Waals surface area (Å²) in [6.07, 6.45) is 2.24. The summed E-state index contributed by atoms with van der Waals surface area (Å²) >= 11 is 0. The van der Waals surface area contributed by atoms with E-state index in [4.69, 9.17) is 4.52 Å². The molecule has 0 spiro atoms. The van der Waals surface area contributed by atoms with Gasteiger partial charge in [-0.05, 0) is 12.8 Å². The number of nitrogens with zero attached hydrogens (tertiary/aromatic N) is 5. The SMILES string of the molecule is Cc1nc(CCN(C)C(=O)[C@H]2CCCN(C(=O)N(C)C)C2)no1. The van der Waals surface area contributed by atoms with Gasteiger partial charge in [0, 0.05) is 54.1 Å². The van der Waals surface area contributed by atoms with Gasteiger partial charge in [-0.1, -0.05) is 5.16 Å². The minimum absolute atomic E-state index is 0.0348. The molecule has 8 nitrogen and oxygen atoms in total. The van der Waals surface area contributed by atoms with Gasteiger partial charge in [0.15, 0.2) is 5.82 Å². The maximum atomic E-state index is 12.6. The van der Waals surface area contributed by atoms with Crippen molar-refractivity contribution in [2.45, 2.75) is 26.2 Å². The van der Waals surface area contributed by atoms with Crippen LogP contribution in [0.1, 0.15) is 24.6 Å². The molecule has 8 heteroatoms. The molecule has 0 aromatic carbocycles. The van der Waals surface area contributed by atoms with Crippen LogP contribution in [-0.2, 0) is 11.2 Å². The van der Waals surface area contributed by atoms with Crippen molar-refractivity contribution in [2.75, 3.05) is 40.8 Å². The summed E-state index contributed by atoms with van der Waals surface area (Å²) in [5, 5.41) is 3.83. The average molecular weight is 323 g/mol. The number of rotatable bonds is 4. The fourth-order valence-electron chi connectivity index (χ4n) is 2.77. The van der Waals surface area contributed by atoms with Crippen LogP contribution in [0.4, 0.5) is 4.79 Å². The molecule has 2 rings (SSSR count). The standard InChI is InChI=1S/C15H25N5O3/c1-11-16-13(17-23-11)7-9-19(4)14(21)12-6-5-8-20(10-12)15(22)18(2)3/h12H,5-10H2,1-4H3/t12-/m0/s1. The second kappa shape index (κ2) is 7.43. The van der Waals surface area contributed by atoms with Crippen LogP contribution in [0, 0.1) is 12.8 Å². The molecule has 3 amide bonds. The summed E-state index contributed by atoms with van der Waals surface area (Å²) in [6.45, 7) is 3.48. The van der Waals surface area contributed by atoms with Crippen LogP contribution in [0.3, 0.4) is 0 Å². The van der Waals surface area contributed by atoms with Crippen LogP contribution in [0.5, 0.6) is 0 Å². The predicted octanol–water partition coefficient (Wildman–Crippen LogP) is 0.773. The molecule has 1 aromatic rings. The van der Waals surface area contributed by atoms with E-state index in [1.165, 1.54) is 0 Å². The van der Waals surface area contributed by atoms with Gasteiger partial charge in [-0.3, -0.25) is 4.79 Å². The molecule has 23 heavy (non-hydrogen) atoms. The number of hydrogen-bond acceptors (Lipinski definition) is 5. The van der Waals surface area contributed by atoms with Gasteiger partial charge in [0.25, 0.3) is 0 Å². The van der Waals surface area contributed by atoms with Gasteiger partial charge < -0.3 is 19.2 Å². The second-order valence-electron chi connectivity index (χ2n) is 6.20. The molecule has 1 atom stereocenters. The Kier molecular flexibility index (Phi) is 5.57. The highest BCUT2D eigenvalue weighted by molar-refractivity contribution is 5.80. The summed E-state index contributed by atoms with van der Waals surface area (Å²) in [5.74, 6) is 1.07. The molecular weight excluding hydrogens is 298 g/mol. The number of aromatic nitrogens is 2. The highest BCUT2D eigenvalue weighted by Gasteiger charge is 2.30. The Hall–Kier alpha value is -2.12. The van der Waals surface area contributed by atoms with E-state index in [0.717, 1.165) is 12.8 Å². The Morgan fingerprint density at radius 3 is 2.70 bits per heavy atom. The summed E-state index contributed by atoms with van der Waals surface area (Å²) in [7, 11) is 5.24. The molecule has 1 aliphatic rings. The monoisotopic (exact) mass is 323 g/mol. The molecule has 0 aliphatic carbocycles. The number of amides is 3. The van der Waals surface area contributed by atoms with Crippen molar-refractivity contribution >= 4 is 11.9 Å². The average Bonchev–Trinajstić information content (AvgIpc) is 2.96. The van der Waals surface area contributed by atoms with E-state index >= 15 is 0 Å². The third-order valence-corrected chi connectivity index (χ3v) is 4.04. The zero-order valence-electron chi connectivity index (χ0n) is 14.3. The first-order valence-corrected chi connectivity index (χ1v) is 7.89. The third-order valence-electron chi connectivity index (χ3n) is 4.04. The molecule has 0 N–H and O–H groups in total. The van der Waals surface area contributed by atoms with Crippen molar-refractivity contribution in [1.82, 2.24) is 24.8 Å². The van der Waals surface area contributed by atoms with E-state index in [1.54, 1.807) is 42.8 Å². The molecular formula is C15H25N5O3. The van der Waals surface area contributed by atoms with Crippen molar-refractivity contribution in [3.05, 3.63) is 11.7 Å². The van der Waals surface area contributed by atoms with Gasteiger partial charge in [0.2, 0.25) is 11.8 Å². The van der Waals surface area contributed by atoms with Crippen LogP contribution in [0.15, 0.2) is 4.52 Å². The Morgan fingerprint density at radius 2 is 2.09 bits per heavy atom. The highest BCUT2D eigenvalue weighted by atomic mass is 16.5. The first kappa shape index (κ1) is 17.2. The molecule has 1 aromatic heterocycles. The van der Waals surface area contributed by atoms with E-state index in [2.05, 4.69) is 10.1 Å². The minimum atomic E-state index is -0.135. The molecule has 1 saturated heterocycles. The molecule has 1 fully saturated rings. The fourth-order valence-corrected chi connectivity index (χ4v) is 2.77. The maximum absolute atomic E-state index is 12.6. The quantitative estimate of drug-likeness (QED) is 0.817. The van der Waals surface area contributed by atoms with Crippen molar-refractivity contribution in [1.29, 1.82) is 0 Å². The maximum Gasteiger partial charge on any atom is 0.319 e. The third kappa shape index (κ3) is 4.43. The summed E-state index contributed by atoms with van der Waals surface area (Å²) in [4.78, 5) is 33.8. The van der Waals surface area contributed by atoms with Gasteiger partial charge in [0.05, 0.1) is 5.92 Å². The molecule has 1 aliphatic heterocycles. The normalized spacial score (nSPS) is 17.9. The lowest BCUT2D eigenvalue weighted by atomic mass is 9.96. The Labute approximate surface area is 136 Å². The fraction of sp³-hybridized carbons (Fsp3) is 0.733. The van der Waals surface area contributed by atoms with Gasteiger partial charge in [-0.2, -0.15) is 4.98 Å². The van der Waals surface area contributed by atoms with E-state index in [0.29, 0.717) is 37.8 Å². The Morgan fingerprint density at radius 1 is 1.35 bits per heavy atom. The first-order chi connectivity index (χ1) is 10.9. The van der Waals surface area contributed by atoms with E-state index in [9.17, 15) is 9.59 Å². The molecule has 128 valence electrons. The molecule has 2 heterocycles. The van der Waals surface area contributed by atoms with E-state index in [-0.39, 0.29) is 17.9 Å².